The zero-order valence-corrected chi connectivity index (χ0v) is 7.20. The summed E-state index contributed by atoms with van der Waals surface area (Å²) in [4.78, 5) is 12.9. The molecule has 3 saturated heterocycles. The van der Waals surface area contributed by atoms with E-state index in [1.54, 1.807) is 0 Å². The van der Waals surface area contributed by atoms with Gasteiger partial charge in [0.05, 0.1) is 6.42 Å². The van der Waals surface area contributed by atoms with Crippen LogP contribution in [0.5, 0.6) is 0 Å². The van der Waals surface area contributed by atoms with Gasteiger partial charge in [-0.2, -0.15) is 0 Å². The Hall–Kier alpha value is -0.570. The lowest BCUT2D eigenvalue weighted by Crippen LogP contribution is -2.49. The van der Waals surface area contributed by atoms with Crippen LogP contribution in [0.2, 0.25) is 0 Å². The Kier molecular flexibility index (Phi) is 2.05. The molecule has 3 nitrogen and oxygen atoms in total. The number of hydrogen-bond acceptors (Lipinski definition) is 2. The molecule has 3 heterocycles. The highest BCUT2D eigenvalue weighted by molar-refractivity contribution is 5.67. The fourth-order valence-corrected chi connectivity index (χ4v) is 2.50. The quantitative estimate of drug-likeness (QED) is 0.669. The van der Waals surface area contributed by atoms with E-state index in [0.29, 0.717) is 12.5 Å². The molecule has 3 aliphatic rings. The van der Waals surface area contributed by atoms with Crippen LogP contribution in [0, 0.1) is 5.92 Å². The lowest BCUT2D eigenvalue weighted by Gasteiger charge is -2.44. The number of carboxylic acids is 1. The van der Waals surface area contributed by atoms with E-state index in [0.717, 1.165) is 25.4 Å². The van der Waals surface area contributed by atoms with Crippen molar-refractivity contribution in [1.82, 2.24) is 4.90 Å². The summed E-state index contributed by atoms with van der Waals surface area (Å²) in [6, 6.07) is 0.343. The molecule has 68 valence electrons. The molecule has 0 aromatic rings. The minimum atomic E-state index is -0.646. The number of piperidine rings is 3. The van der Waals surface area contributed by atoms with Crippen LogP contribution in [0.4, 0.5) is 0 Å². The minimum absolute atomic E-state index is 0.343. The fourth-order valence-electron chi connectivity index (χ4n) is 2.50. The van der Waals surface area contributed by atoms with E-state index in [1.807, 2.05) is 0 Å². The molecule has 3 rings (SSSR count). The van der Waals surface area contributed by atoms with Gasteiger partial charge in [0.25, 0.3) is 0 Å². The molecule has 3 aliphatic heterocycles. The van der Waals surface area contributed by atoms with Crippen molar-refractivity contribution in [3.8, 4) is 0 Å². The highest BCUT2D eigenvalue weighted by Gasteiger charge is 2.34. The maximum absolute atomic E-state index is 10.5. The van der Waals surface area contributed by atoms with Crippen molar-refractivity contribution < 1.29 is 9.90 Å². The van der Waals surface area contributed by atoms with E-state index >= 15 is 0 Å². The number of nitrogens with zero attached hydrogens (tertiary/aromatic N) is 1. The van der Waals surface area contributed by atoms with E-state index in [-0.39, 0.29) is 0 Å². The molecule has 2 bridgehead atoms. The second-order valence-corrected chi connectivity index (χ2v) is 3.97. The number of carbonyl (C=O) groups is 1. The average Bonchev–Trinajstić information content (AvgIpc) is 2.05. The molecule has 0 aromatic carbocycles. The van der Waals surface area contributed by atoms with Crippen molar-refractivity contribution >= 4 is 5.97 Å². The number of rotatable bonds is 2. The zero-order valence-electron chi connectivity index (χ0n) is 7.20. The molecule has 1 atom stereocenters. The van der Waals surface area contributed by atoms with Gasteiger partial charge in [0.1, 0.15) is 0 Å². The smallest absolute Gasteiger partial charge is 0.304 e. The average molecular weight is 169 g/mol. The first-order valence-corrected chi connectivity index (χ1v) is 4.71. The van der Waals surface area contributed by atoms with Crippen molar-refractivity contribution in [3.63, 3.8) is 0 Å². The molecule has 3 fully saturated rings. The van der Waals surface area contributed by atoms with Crippen molar-refractivity contribution in [2.24, 2.45) is 5.92 Å². The first-order chi connectivity index (χ1) is 5.75. The van der Waals surface area contributed by atoms with Crippen molar-refractivity contribution in [2.45, 2.75) is 31.7 Å². The molecular weight excluding hydrogens is 154 g/mol. The van der Waals surface area contributed by atoms with E-state index in [9.17, 15) is 4.79 Å². The lowest BCUT2D eigenvalue weighted by atomic mass is 9.82. The van der Waals surface area contributed by atoms with Gasteiger partial charge in [-0.1, -0.05) is 0 Å². The number of carboxylic acid groups (broad SMARTS) is 1. The molecule has 0 aromatic heterocycles. The van der Waals surface area contributed by atoms with Gasteiger partial charge in [0.15, 0.2) is 0 Å². The summed E-state index contributed by atoms with van der Waals surface area (Å²) in [5.74, 6) is 0.173. The van der Waals surface area contributed by atoms with E-state index in [2.05, 4.69) is 4.90 Å². The van der Waals surface area contributed by atoms with E-state index in [4.69, 9.17) is 5.11 Å². The lowest BCUT2D eigenvalue weighted by molar-refractivity contribution is -0.139. The van der Waals surface area contributed by atoms with Crippen LogP contribution in [-0.2, 0) is 4.79 Å². The predicted octanol–water partition coefficient (Wildman–Crippen LogP) is 0.945. The molecule has 0 saturated carbocycles. The largest absolute Gasteiger partial charge is 0.481 e. The van der Waals surface area contributed by atoms with Crippen molar-refractivity contribution in [2.75, 3.05) is 13.1 Å². The first-order valence-electron chi connectivity index (χ1n) is 4.71. The van der Waals surface area contributed by atoms with E-state index < -0.39 is 5.97 Å². The summed E-state index contributed by atoms with van der Waals surface area (Å²) in [6.07, 6.45) is 4.04. The normalized spacial score (nSPS) is 39.8. The molecule has 0 amide bonds. The SMILES string of the molecule is O=C(O)CC1CC2CCN1CC2. The van der Waals surface area contributed by atoms with Gasteiger partial charge in [0.2, 0.25) is 0 Å². The minimum Gasteiger partial charge on any atom is -0.481 e. The Morgan fingerprint density at radius 2 is 2.08 bits per heavy atom. The third-order valence-corrected chi connectivity index (χ3v) is 3.18. The zero-order chi connectivity index (χ0) is 8.55. The highest BCUT2D eigenvalue weighted by Crippen LogP contribution is 2.32. The van der Waals surface area contributed by atoms with Crippen LogP contribution in [0.25, 0.3) is 0 Å². The number of hydrogen-bond donors (Lipinski definition) is 1. The maximum Gasteiger partial charge on any atom is 0.304 e. The van der Waals surface area contributed by atoms with Gasteiger partial charge in [-0.25, -0.2) is 0 Å². The number of fused-ring (bicyclic) bond motifs is 3. The molecule has 0 aliphatic carbocycles. The van der Waals surface area contributed by atoms with E-state index in [1.165, 1.54) is 12.8 Å². The van der Waals surface area contributed by atoms with Crippen molar-refractivity contribution in [3.05, 3.63) is 0 Å². The standard InChI is InChI=1S/C9H15NO2/c11-9(12)6-8-5-7-1-3-10(8)4-2-7/h7-8H,1-6H2,(H,11,12). The van der Waals surface area contributed by atoms with Gasteiger partial charge in [-0.15, -0.1) is 0 Å². The summed E-state index contributed by atoms with van der Waals surface area (Å²) < 4.78 is 0. The molecule has 3 heteroatoms. The highest BCUT2D eigenvalue weighted by atomic mass is 16.4. The molecule has 1 unspecified atom stereocenters. The predicted molar refractivity (Wildman–Crippen MR) is 45.0 cm³/mol. The summed E-state index contributed by atoms with van der Waals surface area (Å²) in [5, 5.41) is 8.67. The monoisotopic (exact) mass is 169 g/mol. The Labute approximate surface area is 72.4 Å². The number of aliphatic carboxylic acids is 1. The Bertz CT molecular complexity index is 185. The molecule has 0 spiro atoms. The second-order valence-electron chi connectivity index (χ2n) is 3.97. The Morgan fingerprint density at radius 1 is 1.42 bits per heavy atom. The fraction of sp³-hybridized carbons (Fsp3) is 0.889. The van der Waals surface area contributed by atoms with Gasteiger partial charge in [0, 0.05) is 6.04 Å². The van der Waals surface area contributed by atoms with Gasteiger partial charge in [-0.3, -0.25) is 9.69 Å². The van der Waals surface area contributed by atoms with Crippen LogP contribution < -0.4 is 0 Å². The third kappa shape index (κ3) is 1.46. The van der Waals surface area contributed by atoms with Crippen LogP contribution in [0.3, 0.4) is 0 Å². The maximum atomic E-state index is 10.5. The topological polar surface area (TPSA) is 40.5 Å². The Balaban J connectivity index is 1.95. The molecular formula is C9H15NO2. The Morgan fingerprint density at radius 3 is 2.50 bits per heavy atom. The third-order valence-electron chi connectivity index (χ3n) is 3.18. The van der Waals surface area contributed by atoms with Gasteiger partial charge >= 0.3 is 5.97 Å². The van der Waals surface area contributed by atoms with Gasteiger partial charge < -0.3 is 5.11 Å². The summed E-state index contributed by atoms with van der Waals surface area (Å²) >= 11 is 0. The van der Waals surface area contributed by atoms with Crippen LogP contribution in [0.15, 0.2) is 0 Å². The summed E-state index contributed by atoms with van der Waals surface area (Å²) in [6.45, 7) is 2.26. The van der Waals surface area contributed by atoms with Crippen molar-refractivity contribution in [1.29, 1.82) is 0 Å². The first kappa shape index (κ1) is 8.05. The molecule has 12 heavy (non-hydrogen) atoms. The van der Waals surface area contributed by atoms with Crippen LogP contribution >= 0.6 is 0 Å². The van der Waals surface area contributed by atoms with Gasteiger partial charge in [-0.05, 0) is 38.3 Å². The van der Waals surface area contributed by atoms with Crippen LogP contribution in [0.1, 0.15) is 25.7 Å². The van der Waals surface area contributed by atoms with Crippen LogP contribution in [-0.4, -0.2) is 35.1 Å². The summed E-state index contributed by atoms with van der Waals surface area (Å²) in [5.41, 5.74) is 0. The second kappa shape index (κ2) is 3.05. The summed E-state index contributed by atoms with van der Waals surface area (Å²) in [7, 11) is 0. The molecule has 0 radical (unpaired) electrons. The molecule has 1 N–H and O–H groups in total.